The fourth-order valence-electron chi connectivity index (χ4n) is 2.90. The van der Waals surface area contributed by atoms with Gasteiger partial charge in [0, 0.05) is 35.4 Å². The van der Waals surface area contributed by atoms with Gasteiger partial charge in [0.05, 0.1) is 4.92 Å². The Hall–Kier alpha value is -1.62. The molecule has 0 unspecified atom stereocenters. The summed E-state index contributed by atoms with van der Waals surface area (Å²) in [4.78, 5) is 22.0. The Bertz CT molecular complexity index is 626. The van der Waals surface area contributed by atoms with Crippen molar-refractivity contribution in [2.45, 2.75) is 38.2 Å². The Balaban J connectivity index is 2.03. The van der Waals surface area contributed by atoms with Crippen molar-refractivity contribution in [1.82, 2.24) is 0 Å². The molecule has 0 bridgehead atoms. The number of ether oxygens (including phenoxy) is 1. The molecule has 0 amide bonds. The van der Waals surface area contributed by atoms with E-state index in [0.717, 1.165) is 5.56 Å². The highest BCUT2D eigenvalue weighted by atomic mass is 35.5. The van der Waals surface area contributed by atoms with E-state index in [9.17, 15) is 14.9 Å². The van der Waals surface area contributed by atoms with Gasteiger partial charge in [0.15, 0.2) is 0 Å². The zero-order chi connectivity index (χ0) is 14.7. The topological polar surface area (TPSA) is 69.4 Å². The molecule has 1 aliphatic heterocycles. The molecule has 1 aromatic carbocycles. The molecular formula is C14H14ClNO4. The first-order chi connectivity index (χ1) is 9.28. The molecule has 0 radical (unpaired) electrons. The second-order valence-corrected chi connectivity index (χ2v) is 6.44. The van der Waals surface area contributed by atoms with Gasteiger partial charge >= 0.3 is 0 Å². The third-order valence-corrected chi connectivity index (χ3v) is 4.17. The molecule has 0 N–H and O–H groups in total. The Labute approximate surface area is 121 Å². The van der Waals surface area contributed by atoms with Crippen molar-refractivity contribution in [2.24, 2.45) is 5.92 Å². The van der Waals surface area contributed by atoms with Crippen LogP contribution < -0.4 is 4.74 Å². The van der Waals surface area contributed by atoms with Crippen LogP contribution in [-0.2, 0) is 11.2 Å². The summed E-state index contributed by atoms with van der Waals surface area (Å²) in [6.07, 6.45) is 1.22. The number of hydrogen-bond acceptors (Lipinski definition) is 4. The number of halogens is 1. The van der Waals surface area contributed by atoms with E-state index in [1.807, 2.05) is 13.8 Å². The predicted octanol–water partition coefficient (Wildman–Crippen LogP) is 3.18. The van der Waals surface area contributed by atoms with Crippen LogP contribution in [0.4, 0.5) is 5.69 Å². The van der Waals surface area contributed by atoms with Gasteiger partial charge in [-0.25, -0.2) is 0 Å². The minimum Gasteiger partial charge on any atom is -0.487 e. The molecule has 20 heavy (non-hydrogen) atoms. The second kappa shape index (κ2) is 4.19. The van der Waals surface area contributed by atoms with Crippen molar-refractivity contribution < 1.29 is 14.5 Å². The lowest BCUT2D eigenvalue weighted by Crippen LogP contribution is -2.24. The monoisotopic (exact) mass is 295 g/mol. The van der Waals surface area contributed by atoms with E-state index in [-0.39, 0.29) is 23.1 Å². The zero-order valence-electron chi connectivity index (χ0n) is 11.2. The Morgan fingerprint density at radius 2 is 2.20 bits per heavy atom. The fourth-order valence-corrected chi connectivity index (χ4v) is 3.14. The summed E-state index contributed by atoms with van der Waals surface area (Å²) in [6, 6.07) is 3.29. The van der Waals surface area contributed by atoms with Crippen LogP contribution in [0.1, 0.15) is 37.3 Å². The number of nitro groups is 1. The van der Waals surface area contributed by atoms with E-state index in [4.69, 9.17) is 16.3 Å². The van der Waals surface area contributed by atoms with Crippen molar-refractivity contribution in [2.75, 3.05) is 0 Å². The molecular weight excluding hydrogens is 282 g/mol. The molecule has 0 aromatic heterocycles. The van der Waals surface area contributed by atoms with Crippen LogP contribution in [0.5, 0.6) is 5.75 Å². The van der Waals surface area contributed by atoms with Crippen LogP contribution >= 0.6 is 11.6 Å². The Morgan fingerprint density at radius 3 is 2.75 bits per heavy atom. The van der Waals surface area contributed by atoms with Gasteiger partial charge in [-0.1, -0.05) is 0 Å². The number of carbonyl (C=O) groups is 1. The van der Waals surface area contributed by atoms with Crippen LogP contribution in [0.2, 0.25) is 0 Å². The lowest BCUT2D eigenvalue weighted by atomic mass is 9.98. The molecule has 2 aliphatic rings. The van der Waals surface area contributed by atoms with E-state index < -0.39 is 10.2 Å². The highest BCUT2D eigenvalue weighted by Gasteiger charge is 2.47. The maximum atomic E-state index is 11.2. The summed E-state index contributed by atoms with van der Waals surface area (Å²) < 4.78 is 5.80. The van der Waals surface area contributed by atoms with Gasteiger partial charge in [-0.3, -0.25) is 14.9 Å². The van der Waals surface area contributed by atoms with Crippen LogP contribution in [0.3, 0.4) is 0 Å². The molecule has 1 heterocycles. The number of nitrogens with zero attached hydrogens (tertiary/aromatic N) is 1. The summed E-state index contributed by atoms with van der Waals surface area (Å²) in [5.41, 5.74) is 1.13. The van der Waals surface area contributed by atoms with Crippen LogP contribution in [0.15, 0.2) is 12.1 Å². The highest BCUT2D eigenvalue weighted by molar-refractivity contribution is 6.64. The third kappa shape index (κ3) is 2.16. The number of hydrogen-bond donors (Lipinski definition) is 0. The summed E-state index contributed by atoms with van der Waals surface area (Å²) in [7, 11) is 0. The van der Waals surface area contributed by atoms with Crippen LogP contribution in [0, 0.1) is 16.0 Å². The summed E-state index contributed by atoms with van der Waals surface area (Å²) in [5.74, 6) is 0.226. The normalized spacial score (nSPS) is 25.8. The summed E-state index contributed by atoms with van der Waals surface area (Å²) in [5, 5.41) is 10.8. The number of rotatable bonds is 3. The van der Waals surface area contributed by atoms with E-state index >= 15 is 0 Å². The summed E-state index contributed by atoms with van der Waals surface area (Å²) >= 11 is 5.47. The first kappa shape index (κ1) is 13.4. The van der Waals surface area contributed by atoms with Gasteiger partial charge in [-0.15, -0.1) is 0 Å². The van der Waals surface area contributed by atoms with Crippen LogP contribution in [-0.4, -0.2) is 15.8 Å². The molecule has 0 saturated heterocycles. The van der Waals surface area contributed by atoms with E-state index in [0.29, 0.717) is 24.2 Å². The van der Waals surface area contributed by atoms with Crippen molar-refractivity contribution in [1.29, 1.82) is 0 Å². The number of carbonyl (C=O) groups excluding carboxylic acids is 1. The molecule has 106 valence electrons. The van der Waals surface area contributed by atoms with E-state index in [1.165, 1.54) is 0 Å². The molecule has 1 aromatic rings. The largest absolute Gasteiger partial charge is 0.487 e. The van der Waals surface area contributed by atoms with E-state index in [2.05, 4.69) is 0 Å². The van der Waals surface area contributed by atoms with Gasteiger partial charge in [0.25, 0.3) is 5.69 Å². The number of benzene rings is 1. The summed E-state index contributed by atoms with van der Waals surface area (Å²) in [6.45, 7) is 3.89. The zero-order valence-corrected chi connectivity index (χ0v) is 11.9. The Kier molecular flexibility index (Phi) is 2.80. The maximum Gasteiger partial charge on any atom is 0.273 e. The maximum absolute atomic E-state index is 11.2. The molecule has 6 heteroatoms. The van der Waals surface area contributed by atoms with Gasteiger partial charge in [-0.2, -0.15) is 0 Å². The van der Waals surface area contributed by atoms with Crippen molar-refractivity contribution in [3.8, 4) is 5.75 Å². The van der Waals surface area contributed by atoms with E-state index in [1.54, 1.807) is 12.1 Å². The lowest BCUT2D eigenvalue weighted by molar-refractivity contribution is -0.385. The molecule has 0 spiro atoms. The fraction of sp³-hybridized carbons (Fsp3) is 0.500. The first-order valence-electron chi connectivity index (χ1n) is 6.48. The lowest BCUT2D eigenvalue weighted by Gasteiger charge is -2.16. The SMILES string of the molecule is CC1(C)Cc2cc([N+](=O)[O-])c([C@@H]3C[C@H]3C(=O)Cl)cc2O1. The standard InChI is InChI=1S/C14H14ClNO4/c1-14(2)6-7-3-11(16(18)19)9(5-12(7)20-14)8-4-10(8)13(15)17/h3,5,8,10H,4,6H2,1-2H3/t8-,10+/m0/s1. The quantitative estimate of drug-likeness (QED) is 0.488. The average molecular weight is 296 g/mol. The number of fused-ring (bicyclic) bond motifs is 1. The molecule has 2 atom stereocenters. The highest BCUT2D eigenvalue weighted by Crippen LogP contribution is 2.53. The second-order valence-electron chi connectivity index (χ2n) is 6.07. The molecule has 1 saturated carbocycles. The van der Waals surface area contributed by atoms with Crippen molar-refractivity contribution in [3.63, 3.8) is 0 Å². The average Bonchev–Trinajstić information content (AvgIpc) is 3.04. The van der Waals surface area contributed by atoms with Crippen molar-refractivity contribution >= 4 is 22.5 Å². The smallest absolute Gasteiger partial charge is 0.273 e. The molecule has 3 rings (SSSR count). The minimum absolute atomic E-state index is 0.0652. The first-order valence-corrected chi connectivity index (χ1v) is 6.86. The predicted molar refractivity (Wildman–Crippen MR) is 73.2 cm³/mol. The minimum atomic E-state index is -0.425. The third-order valence-electron chi connectivity index (χ3n) is 3.89. The van der Waals surface area contributed by atoms with Gasteiger partial charge in [0.1, 0.15) is 11.4 Å². The van der Waals surface area contributed by atoms with Gasteiger partial charge < -0.3 is 4.74 Å². The van der Waals surface area contributed by atoms with Crippen LogP contribution in [0.25, 0.3) is 0 Å². The van der Waals surface area contributed by atoms with Gasteiger partial charge in [0.2, 0.25) is 5.24 Å². The number of nitro benzene ring substituents is 1. The molecule has 1 fully saturated rings. The molecule has 1 aliphatic carbocycles. The van der Waals surface area contributed by atoms with Crippen molar-refractivity contribution in [3.05, 3.63) is 33.4 Å². The van der Waals surface area contributed by atoms with Gasteiger partial charge in [-0.05, 0) is 37.9 Å². The molecule has 5 nitrogen and oxygen atoms in total. The Morgan fingerprint density at radius 1 is 1.50 bits per heavy atom.